The smallest absolute Gasteiger partial charge is 0.294 e. The minimum Gasteiger partial charge on any atom is -0.464 e. The summed E-state index contributed by atoms with van der Waals surface area (Å²) in [7, 11) is 0. The maximum Gasteiger partial charge on any atom is 0.294 e. The van der Waals surface area contributed by atoms with E-state index in [1.54, 1.807) is 0 Å². The van der Waals surface area contributed by atoms with Crippen LogP contribution in [0.15, 0.2) is 24.3 Å². The monoisotopic (exact) mass is 295 g/mol. The molecular weight excluding hydrogens is 282 g/mol. The Balaban J connectivity index is 1.51. The number of aromatic nitrogens is 2. The number of hydrogen-bond acceptors (Lipinski definition) is 5. The Hall–Kier alpha value is -1.17. The highest BCUT2D eigenvalue weighted by molar-refractivity contribution is 7.13. The minimum atomic E-state index is 0.464. The molecule has 19 heavy (non-hydrogen) atoms. The second kappa shape index (κ2) is 5.86. The third-order valence-electron chi connectivity index (χ3n) is 2.82. The van der Waals surface area contributed by atoms with Gasteiger partial charge >= 0.3 is 0 Å². The lowest BCUT2D eigenvalue weighted by Crippen LogP contribution is -2.14. The normalized spacial score (nSPS) is 14.6. The van der Waals surface area contributed by atoms with Crippen molar-refractivity contribution < 1.29 is 4.74 Å². The number of ether oxygens (including phenoxy) is 1. The zero-order valence-corrected chi connectivity index (χ0v) is 11.9. The van der Waals surface area contributed by atoms with Crippen LogP contribution in [-0.4, -0.2) is 16.2 Å². The Morgan fingerprint density at radius 1 is 1.37 bits per heavy atom. The van der Waals surface area contributed by atoms with E-state index in [1.165, 1.54) is 24.2 Å². The number of halogens is 1. The van der Waals surface area contributed by atoms with Gasteiger partial charge in [-0.1, -0.05) is 40.2 Å². The van der Waals surface area contributed by atoms with Gasteiger partial charge in [0.2, 0.25) is 0 Å². The van der Waals surface area contributed by atoms with Gasteiger partial charge in [-0.25, -0.2) is 0 Å². The molecule has 1 fully saturated rings. The van der Waals surface area contributed by atoms with E-state index in [9.17, 15) is 0 Å². The summed E-state index contributed by atoms with van der Waals surface area (Å²) < 4.78 is 5.61. The van der Waals surface area contributed by atoms with Crippen molar-refractivity contribution in [3.8, 4) is 5.19 Å². The molecule has 0 atom stereocenters. The number of nitrogens with zero attached hydrogens (tertiary/aromatic N) is 2. The number of benzene rings is 1. The van der Waals surface area contributed by atoms with Crippen molar-refractivity contribution in [2.75, 3.05) is 0 Å². The molecule has 3 rings (SSSR count). The second-order valence-corrected chi connectivity index (χ2v) is 6.00. The van der Waals surface area contributed by atoms with Gasteiger partial charge in [-0.05, 0) is 30.5 Å². The molecule has 1 aliphatic rings. The van der Waals surface area contributed by atoms with E-state index in [1.807, 2.05) is 24.3 Å². The topological polar surface area (TPSA) is 47.0 Å². The molecule has 100 valence electrons. The minimum absolute atomic E-state index is 0.464. The molecule has 1 N–H and O–H groups in total. The summed E-state index contributed by atoms with van der Waals surface area (Å²) in [5.41, 5.74) is 1.03. The van der Waals surface area contributed by atoms with E-state index < -0.39 is 0 Å². The van der Waals surface area contributed by atoms with Crippen LogP contribution >= 0.6 is 22.9 Å². The van der Waals surface area contributed by atoms with Gasteiger partial charge in [0.05, 0.1) is 6.54 Å². The van der Waals surface area contributed by atoms with Gasteiger partial charge in [-0.2, -0.15) is 0 Å². The van der Waals surface area contributed by atoms with Crippen molar-refractivity contribution >= 4 is 22.9 Å². The van der Waals surface area contributed by atoms with Crippen LogP contribution in [0.3, 0.4) is 0 Å². The van der Waals surface area contributed by atoms with E-state index >= 15 is 0 Å². The standard InChI is InChI=1S/C13H14ClN3OS/c14-10-3-1-2-9(6-10)8-18-13-17-16-12(19-13)7-15-11-4-5-11/h1-3,6,11,15H,4-5,7-8H2. The van der Waals surface area contributed by atoms with Crippen LogP contribution in [0.25, 0.3) is 0 Å². The quantitative estimate of drug-likeness (QED) is 0.890. The highest BCUT2D eigenvalue weighted by atomic mass is 35.5. The fourth-order valence-corrected chi connectivity index (χ4v) is 2.51. The van der Waals surface area contributed by atoms with Crippen LogP contribution in [0.4, 0.5) is 0 Å². The Kier molecular flexibility index (Phi) is 3.96. The lowest BCUT2D eigenvalue weighted by Gasteiger charge is -2.02. The van der Waals surface area contributed by atoms with Crippen LogP contribution in [0.2, 0.25) is 5.02 Å². The molecule has 0 aliphatic heterocycles. The molecule has 0 saturated heterocycles. The molecule has 4 nitrogen and oxygen atoms in total. The zero-order chi connectivity index (χ0) is 13.1. The van der Waals surface area contributed by atoms with Crippen molar-refractivity contribution in [1.82, 2.24) is 15.5 Å². The van der Waals surface area contributed by atoms with Gasteiger partial charge in [0, 0.05) is 11.1 Å². The summed E-state index contributed by atoms with van der Waals surface area (Å²) in [6.45, 7) is 1.24. The molecule has 0 amide bonds. The predicted molar refractivity (Wildman–Crippen MR) is 75.6 cm³/mol. The Bertz CT molecular complexity index is 556. The third-order valence-corrected chi connectivity index (χ3v) is 3.89. The SMILES string of the molecule is Clc1cccc(COc2nnc(CNC3CC3)s2)c1. The van der Waals surface area contributed by atoms with Crippen molar-refractivity contribution in [3.05, 3.63) is 39.9 Å². The summed E-state index contributed by atoms with van der Waals surface area (Å²) in [6, 6.07) is 8.30. The van der Waals surface area contributed by atoms with Crippen molar-refractivity contribution in [3.63, 3.8) is 0 Å². The van der Waals surface area contributed by atoms with Gasteiger partial charge in [0.1, 0.15) is 11.6 Å². The first-order valence-electron chi connectivity index (χ1n) is 6.22. The number of rotatable bonds is 6. The van der Waals surface area contributed by atoms with Crippen LogP contribution < -0.4 is 10.1 Å². The second-order valence-electron chi connectivity index (χ2n) is 4.54. The third kappa shape index (κ3) is 3.89. The van der Waals surface area contributed by atoms with Gasteiger partial charge in [0.25, 0.3) is 5.19 Å². The van der Waals surface area contributed by atoms with E-state index in [0.29, 0.717) is 22.9 Å². The molecule has 0 radical (unpaired) electrons. The zero-order valence-electron chi connectivity index (χ0n) is 10.3. The molecule has 0 spiro atoms. The average molecular weight is 296 g/mol. The van der Waals surface area contributed by atoms with E-state index in [2.05, 4.69) is 15.5 Å². The maximum atomic E-state index is 5.92. The van der Waals surface area contributed by atoms with Crippen LogP contribution in [0.1, 0.15) is 23.4 Å². The van der Waals surface area contributed by atoms with Crippen LogP contribution in [-0.2, 0) is 13.2 Å². The van der Waals surface area contributed by atoms with Crippen LogP contribution in [0, 0.1) is 0 Å². The van der Waals surface area contributed by atoms with E-state index in [0.717, 1.165) is 17.1 Å². The molecule has 2 aromatic rings. The maximum absolute atomic E-state index is 5.92. The molecule has 1 saturated carbocycles. The summed E-state index contributed by atoms with van der Waals surface area (Å²) in [5.74, 6) is 0. The van der Waals surface area contributed by atoms with Gasteiger partial charge in [-0.3, -0.25) is 0 Å². The molecule has 1 aliphatic carbocycles. The van der Waals surface area contributed by atoms with Crippen molar-refractivity contribution in [2.45, 2.75) is 32.0 Å². The highest BCUT2D eigenvalue weighted by Gasteiger charge is 2.20. The van der Waals surface area contributed by atoms with Gasteiger partial charge in [-0.15, -0.1) is 5.10 Å². The number of nitrogens with one attached hydrogen (secondary N) is 1. The molecule has 1 aromatic carbocycles. The largest absolute Gasteiger partial charge is 0.464 e. The molecule has 1 heterocycles. The molecular formula is C13H14ClN3OS. The Morgan fingerprint density at radius 3 is 3.05 bits per heavy atom. The van der Waals surface area contributed by atoms with Crippen LogP contribution in [0.5, 0.6) is 5.19 Å². The summed E-state index contributed by atoms with van der Waals surface area (Å²) in [5, 5.41) is 13.8. The first kappa shape index (κ1) is 12.8. The number of hydrogen-bond donors (Lipinski definition) is 1. The average Bonchev–Trinajstić information content (AvgIpc) is 3.13. The van der Waals surface area contributed by atoms with E-state index in [-0.39, 0.29) is 0 Å². The van der Waals surface area contributed by atoms with Gasteiger partial charge in [0.15, 0.2) is 0 Å². The van der Waals surface area contributed by atoms with Crippen molar-refractivity contribution in [1.29, 1.82) is 0 Å². The van der Waals surface area contributed by atoms with E-state index in [4.69, 9.17) is 16.3 Å². The predicted octanol–water partition coefficient (Wildman–Crippen LogP) is 3.02. The van der Waals surface area contributed by atoms with Gasteiger partial charge < -0.3 is 10.1 Å². The fraction of sp³-hybridized carbons (Fsp3) is 0.385. The molecule has 1 aromatic heterocycles. The molecule has 0 bridgehead atoms. The van der Waals surface area contributed by atoms with Crippen molar-refractivity contribution in [2.24, 2.45) is 0 Å². The first-order chi connectivity index (χ1) is 9.29. The summed E-state index contributed by atoms with van der Waals surface area (Å²) >= 11 is 7.40. The lowest BCUT2D eigenvalue weighted by molar-refractivity contribution is 0.302. The Morgan fingerprint density at radius 2 is 2.26 bits per heavy atom. The molecule has 0 unspecified atom stereocenters. The highest BCUT2D eigenvalue weighted by Crippen LogP contribution is 2.22. The Labute approximate surface area is 120 Å². The summed E-state index contributed by atoms with van der Waals surface area (Å²) in [6.07, 6.45) is 2.55. The lowest BCUT2D eigenvalue weighted by atomic mass is 10.2. The fourth-order valence-electron chi connectivity index (χ4n) is 1.66. The summed E-state index contributed by atoms with van der Waals surface area (Å²) in [4.78, 5) is 0. The first-order valence-corrected chi connectivity index (χ1v) is 7.42. The molecule has 6 heteroatoms.